The Bertz CT molecular complexity index is 1050. The monoisotopic (exact) mass is 471 g/mol. The van der Waals surface area contributed by atoms with Crippen molar-refractivity contribution in [3.63, 3.8) is 0 Å². The third kappa shape index (κ3) is 6.13. The van der Waals surface area contributed by atoms with Gasteiger partial charge < -0.3 is 15.7 Å². The fourth-order valence-corrected chi connectivity index (χ4v) is 6.14. The second kappa shape index (κ2) is 10.2. The molecule has 3 atom stereocenters. The van der Waals surface area contributed by atoms with Gasteiger partial charge in [-0.15, -0.1) is 0 Å². The number of nitrogens with zero attached hydrogens (tertiary/aromatic N) is 1. The van der Waals surface area contributed by atoms with Gasteiger partial charge in [-0.25, -0.2) is 8.42 Å². The molecule has 4 rings (SSSR count). The Morgan fingerprint density at radius 2 is 1.76 bits per heavy atom. The number of para-hydroxylation sites is 1. The van der Waals surface area contributed by atoms with Crippen LogP contribution in [0.15, 0.2) is 54.6 Å². The largest absolute Gasteiger partial charge is 0.507 e. The Kier molecular flexibility index (Phi) is 7.36. The Hall–Kier alpha value is -2.42. The van der Waals surface area contributed by atoms with Crippen LogP contribution in [0.5, 0.6) is 5.75 Å². The molecule has 8 heteroatoms. The molecule has 1 heterocycles. The van der Waals surface area contributed by atoms with Crippen molar-refractivity contribution in [1.29, 1.82) is 0 Å². The molecule has 1 aliphatic carbocycles. The van der Waals surface area contributed by atoms with E-state index in [9.17, 15) is 18.3 Å². The lowest BCUT2D eigenvalue weighted by molar-refractivity contribution is 0.0946. The summed E-state index contributed by atoms with van der Waals surface area (Å²) in [6, 6.07) is 17.8. The number of phenolic OH excluding ortho intramolecular Hbond substituents is 1. The number of piperidine rings is 1. The van der Waals surface area contributed by atoms with Crippen LogP contribution in [0.25, 0.3) is 0 Å². The fourth-order valence-electron chi connectivity index (χ4n) is 4.84. The first-order valence-electron chi connectivity index (χ1n) is 11.6. The van der Waals surface area contributed by atoms with Gasteiger partial charge in [0.05, 0.1) is 5.56 Å². The summed E-state index contributed by atoms with van der Waals surface area (Å²) in [5.74, 6) is 0.0933. The zero-order valence-corrected chi connectivity index (χ0v) is 19.8. The highest BCUT2D eigenvalue weighted by atomic mass is 32.2. The molecule has 1 saturated heterocycles. The van der Waals surface area contributed by atoms with E-state index >= 15 is 0 Å². The second-order valence-corrected chi connectivity index (χ2v) is 11.4. The minimum Gasteiger partial charge on any atom is -0.507 e. The predicted octanol–water partition coefficient (Wildman–Crippen LogP) is 2.49. The number of hydrogen-bond acceptors (Lipinski definition) is 6. The number of likely N-dealkylation sites (tertiary alicyclic amines) is 1. The molecule has 0 aromatic heterocycles. The molecule has 1 aliphatic heterocycles. The summed E-state index contributed by atoms with van der Waals surface area (Å²) < 4.78 is 25.0. The van der Waals surface area contributed by atoms with Crippen LogP contribution in [0, 0.1) is 0 Å². The van der Waals surface area contributed by atoms with Gasteiger partial charge in [-0.1, -0.05) is 42.5 Å². The number of rotatable bonds is 9. The number of carbonyl (C=O) groups excluding carboxylic acids is 1. The third-order valence-electron chi connectivity index (χ3n) is 6.72. The number of carbonyl (C=O) groups is 1. The fraction of sp³-hybridized carbons (Fsp3) is 0.480. The van der Waals surface area contributed by atoms with Gasteiger partial charge in [-0.3, -0.25) is 9.69 Å². The third-order valence-corrected chi connectivity index (χ3v) is 8.25. The quantitative estimate of drug-likeness (QED) is 0.520. The molecular formula is C25H33N3O4S. The molecular weight excluding hydrogens is 438 g/mol. The second-order valence-electron chi connectivity index (χ2n) is 9.18. The molecule has 7 nitrogen and oxygen atoms in total. The first-order chi connectivity index (χ1) is 15.8. The van der Waals surface area contributed by atoms with Crippen molar-refractivity contribution in [3.05, 3.63) is 65.7 Å². The van der Waals surface area contributed by atoms with Crippen molar-refractivity contribution in [2.45, 2.75) is 49.1 Å². The summed E-state index contributed by atoms with van der Waals surface area (Å²) in [7, 11) is -3.30. The van der Waals surface area contributed by atoms with Crippen LogP contribution in [0.4, 0.5) is 0 Å². The zero-order valence-electron chi connectivity index (χ0n) is 19.0. The van der Waals surface area contributed by atoms with Crippen molar-refractivity contribution in [1.82, 2.24) is 15.5 Å². The molecule has 3 N–H and O–H groups in total. The molecule has 2 aromatic carbocycles. The maximum absolute atomic E-state index is 12.5. The molecule has 2 fully saturated rings. The van der Waals surface area contributed by atoms with Gasteiger partial charge in [0.1, 0.15) is 11.1 Å². The average molecular weight is 472 g/mol. The molecule has 2 aliphatic rings. The van der Waals surface area contributed by atoms with Crippen LogP contribution in [-0.4, -0.2) is 67.7 Å². The van der Waals surface area contributed by atoms with Gasteiger partial charge in [0.2, 0.25) is 0 Å². The number of nitrogens with one attached hydrogen (secondary N) is 2. The van der Waals surface area contributed by atoms with Crippen molar-refractivity contribution in [2.75, 3.05) is 25.9 Å². The van der Waals surface area contributed by atoms with E-state index in [-0.39, 0.29) is 17.9 Å². The lowest BCUT2D eigenvalue weighted by atomic mass is 10.0. The van der Waals surface area contributed by atoms with Crippen molar-refractivity contribution >= 4 is 15.7 Å². The van der Waals surface area contributed by atoms with E-state index in [0.29, 0.717) is 37.5 Å². The van der Waals surface area contributed by atoms with Crippen LogP contribution < -0.4 is 10.6 Å². The molecule has 0 bridgehead atoms. The first-order valence-corrected chi connectivity index (χ1v) is 13.6. The van der Waals surface area contributed by atoms with E-state index in [0.717, 1.165) is 19.3 Å². The number of aromatic hydroxyl groups is 1. The summed E-state index contributed by atoms with van der Waals surface area (Å²) in [4.78, 5) is 14.3. The zero-order chi connectivity index (χ0) is 23.4. The Balaban J connectivity index is 1.25. The lowest BCUT2D eigenvalue weighted by Crippen LogP contribution is -2.50. The van der Waals surface area contributed by atoms with E-state index < -0.39 is 21.1 Å². The van der Waals surface area contributed by atoms with Gasteiger partial charge in [-0.2, -0.15) is 0 Å². The number of amides is 1. The highest BCUT2D eigenvalue weighted by Gasteiger charge is 2.40. The maximum Gasteiger partial charge on any atom is 0.255 e. The van der Waals surface area contributed by atoms with Crippen molar-refractivity contribution in [3.8, 4) is 5.75 Å². The Morgan fingerprint density at radius 3 is 2.42 bits per heavy atom. The minimum atomic E-state index is -3.30. The van der Waals surface area contributed by atoms with Crippen molar-refractivity contribution in [2.24, 2.45) is 0 Å². The van der Waals surface area contributed by atoms with Gasteiger partial charge in [0, 0.05) is 43.9 Å². The Labute approximate surface area is 196 Å². The van der Waals surface area contributed by atoms with E-state index in [1.165, 1.54) is 17.9 Å². The van der Waals surface area contributed by atoms with Crippen molar-refractivity contribution < 1.29 is 18.3 Å². The smallest absolute Gasteiger partial charge is 0.255 e. The predicted molar refractivity (Wildman–Crippen MR) is 129 cm³/mol. The topological polar surface area (TPSA) is 98.7 Å². The number of benzene rings is 2. The molecule has 1 saturated carbocycles. The van der Waals surface area contributed by atoms with E-state index in [2.05, 4.69) is 34.9 Å². The normalized spacial score (nSPS) is 22.6. The number of hydrogen-bond donors (Lipinski definition) is 3. The van der Waals surface area contributed by atoms with Crippen LogP contribution >= 0.6 is 0 Å². The van der Waals surface area contributed by atoms with Gasteiger partial charge >= 0.3 is 0 Å². The van der Waals surface area contributed by atoms with E-state index in [4.69, 9.17) is 0 Å². The SMILES string of the molecule is CS(=O)(=O)C(CCNC(=O)c1ccccc1O)N1CCC(N[C@@H]2C[C@H]2c2ccccc2)CC1. The molecule has 33 heavy (non-hydrogen) atoms. The highest BCUT2D eigenvalue weighted by Crippen LogP contribution is 2.41. The highest BCUT2D eigenvalue weighted by molar-refractivity contribution is 7.91. The van der Waals surface area contributed by atoms with Crippen LogP contribution in [0.2, 0.25) is 0 Å². The van der Waals surface area contributed by atoms with E-state index in [1.807, 2.05) is 11.0 Å². The van der Waals surface area contributed by atoms with Crippen LogP contribution in [0.3, 0.4) is 0 Å². The van der Waals surface area contributed by atoms with Gasteiger partial charge in [0.25, 0.3) is 5.91 Å². The molecule has 1 unspecified atom stereocenters. The number of phenols is 1. The van der Waals surface area contributed by atoms with Crippen LogP contribution in [0.1, 0.15) is 47.5 Å². The van der Waals surface area contributed by atoms with Gasteiger partial charge in [0.15, 0.2) is 9.84 Å². The van der Waals surface area contributed by atoms with Crippen LogP contribution in [-0.2, 0) is 9.84 Å². The summed E-state index contributed by atoms with van der Waals surface area (Å²) in [5.41, 5.74) is 1.57. The van der Waals surface area contributed by atoms with E-state index in [1.54, 1.807) is 18.2 Å². The summed E-state index contributed by atoms with van der Waals surface area (Å²) >= 11 is 0. The number of sulfone groups is 1. The summed E-state index contributed by atoms with van der Waals surface area (Å²) in [6.07, 6.45) is 4.56. The van der Waals surface area contributed by atoms with Gasteiger partial charge in [-0.05, 0) is 43.4 Å². The minimum absolute atomic E-state index is 0.0885. The molecule has 0 spiro atoms. The lowest BCUT2D eigenvalue weighted by Gasteiger charge is -2.37. The molecule has 2 aromatic rings. The summed E-state index contributed by atoms with van der Waals surface area (Å²) in [5, 5.41) is 15.7. The molecule has 0 radical (unpaired) electrons. The Morgan fingerprint density at radius 1 is 1.09 bits per heavy atom. The summed E-state index contributed by atoms with van der Waals surface area (Å²) in [6.45, 7) is 1.65. The molecule has 1 amide bonds. The molecule has 178 valence electrons. The first kappa shape index (κ1) is 23.7. The maximum atomic E-state index is 12.5. The standard InChI is InChI=1S/C25H33N3O4S/c1-33(31,32)24(11-14-26-25(30)20-9-5-6-10-23(20)29)28-15-12-19(13-16-28)27-22-17-21(22)18-7-3-2-4-8-18/h2-10,19,21-22,24,27,29H,11-17H2,1H3,(H,26,30)/t21-,22+,24?/m0/s1. The average Bonchev–Trinajstić information content (AvgIpc) is 3.56.